The van der Waals surface area contributed by atoms with Gasteiger partial charge in [0.25, 0.3) is 0 Å². The first-order chi connectivity index (χ1) is 8.45. The monoisotopic (exact) mass is 372 g/mol. The van der Waals surface area contributed by atoms with E-state index in [0.717, 1.165) is 27.4 Å². The van der Waals surface area contributed by atoms with Crippen LogP contribution >= 0.6 is 31.9 Å². The second kappa shape index (κ2) is 5.87. The molecule has 1 fully saturated rings. The molecule has 0 bridgehead atoms. The summed E-state index contributed by atoms with van der Waals surface area (Å²) in [6.07, 6.45) is 3.33. The highest BCUT2D eigenvalue weighted by Gasteiger charge is 2.29. The molecule has 0 aliphatic heterocycles. The van der Waals surface area contributed by atoms with Crippen LogP contribution in [0.5, 0.6) is 0 Å². The minimum Gasteiger partial charge on any atom is -0.294 e. The van der Waals surface area contributed by atoms with Gasteiger partial charge in [0.1, 0.15) is 0 Å². The number of hydrogen-bond donors (Lipinski definition) is 0. The predicted octanol–water partition coefficient (Wildman–Crippen LogP) is 5.47. The molecule has 0 spiro atoms. The maximum absolute atomic E-state index is 12.6. The molecule has 2 unspecified atom stereocenters. The van der Waals surface area contributed by atoms with Gasteiger partial charge in [0.05, 0.1) is 0 Å². The van der Waals surface area contributed by atoms with Gasteiger partial charge in [-0.2, -0.15) is 0 Å². The second-order valence-corrected chi connectivity index (χ2v) is 7.47. The lowest BCUT2D eigenvalue weighted by molar-refractivity contribution is 0.0836. The summed E-state index contributed by atoms with van der Waals surface area (Å²) in [7, 11) is 0. The summed E-state index contributed by atoms with van der Waals surface area (Å²) in [5.74, 6) is 1.83. The molecule has 0 aromatic heterocycles. The largest absolute Gasteiger partial charge is 0.294 e. The summed E-state index contributed by atoms with van der Waals surface area (Å²) >= 11 is 6.89. The van der Waals surface area contributed by atoms with Gasteiger partial charge in [-0.25, -0.2) is 0 Å². The molecule has 1 saturated carbocycles. The first-order valence-corrected chi connectivity index (χ1v) is 8.04. The summed E-state index contributed by atoms with van der Waals surface area (Å²) < 4.78 is 1.91. The van der Waals surface area contributed by atoms with Crippen molar-refractivity contribution in [1.82, 2.24) is 0 Å². The third-order valence-corrected chi connectivity index (χ3v) is 4.61. The van der Waals surface area contributed by atoms with E-state index in [1.54, 1.807) is 0 Å². The summed E-state index contributed by atoms with van der Waals surface area (Å²) in [6, 6.07) is 5.82. The van der Waals surface area contributed by atoms with Crippen LogP contribution in [-0.4, -0.2) is 5.78 Å². The molecule has 1 aromatic rings. The average molecular weight is 374 g/mol. The van der Waals surface area contributed by atoms with Crippen LogP contribution in [0.4, 0.5) is 0 Å². The highest BCUT2D eigenvalue weighted by atomic mass is 79.9. The number of hydrogen-bond acceptors (Lipinski definition) is 1. The van der Waals surface area contributed by atoms with Crippen LogP contribution in [0.3, 0.4) is 0 Å². The Hall–Kier alpha value is -0.150. The van der Waals surface area contributed by atoms with Crippen LogP contribution in [0.15, 0.2) is 27.1 Å². The van der Waals surface area contributed by atoms with Crippen molar-refractivity contribution in [3.8, 4) is 0 Å². The van der Waals surface area contributed by atoms with E-state index < -0.39 is 0 Å². The van der Waals surface area contributed by atoms with Gasteiger partial charge in [0.15, 0.2) is 5.78 Å². The van der Waals surface area contributed by atoms with Crippen molar-refractivity contribution in [1.29, 1.82) is 0 Å². The average Bonchev–Trinajstić information content (AvgIpc) is 2.25. The molecule has 2 rings (SSSR count). The molecule has 3 heteroatoms. The van der Waals surface area contributed by atoms with Crippen molar-refractivity contribution in [2.45, 2.75) is 33.1 Å². The Bertz CT molecular complexity index is 426. The number of Topliss-reactive ketones (excluding diaryl/α,β-unsaturated/α-hetero) is 1. The Labute approximate surface area is 126 Å². The van der Waals surface area contributed by atoms with Crippen LogP contribution in [0.2, 0.25) is 0 Å². The molecule has 0 heterocycles. The smallest absolute Gasteiger partial charge is 0.166 e. The van der Waals surface area contributed by atoms with Gasteiger partial charge in [-0.3, -0.25) is 4.79 Å². The molecule has 1 aromatic carbocycles. The van der Waals surface area contributed by atoms with Gasteiger partial charge in [0.2, 0.25) is 0 Å². The Kier molecular flexibility index (Phi) is 4.65. The zero-order valence-electron chi connectivity index (χ0n) is 10.7. The van der Waals surface area contributed by atoms with E-state index in [1.807, 2.05) is 18.2 Å². The van der Waals surface area contributed by atoms with E-state index in [4.69, 9.17) is 0 Å². The zero-order chi connectivity index (χ0) is 13.3. The topological polar surface area (TPSA) is 17.1 Å². The van der Waals surface area contributed by atoms with E-state index in [-0.39, 0.29) is 5.92 Å². The Morgan fingerprint density at radius 1 is 1.00 bits per heavy atom. The van der Waals surface area contributed by atoms with Gasteiger partial charge in [-0.15, -0.1) is 0 Å². The van der Waals surface area contributed by atoms with Gasteiger partial charge < -0.3 is 0 Å². The molecule has 1 nitrogen and oxygen atoms in total. The lowest BCUT2D eigenvalue weighted by Crippen LogP contribution is -2.26. The SMILES string of the molecule is CC1CC(C)CC(C(=O)c2cc(Br)cc(Br)c2)C1. The van der Waals surface area contributed by atoms with E-state index in [1.165, 1.54) is 6.42 Å². The maximum atomic E-state index is 12.6. The van der Waals surface area contributed by atoms with Crippen molar-refractivity contribution in [3.63, 3.8) is 0 Å². The Balaban J connectivity index is 2.20. The Morgan fingerprint density at radius 2 is 1.50 bits per heavy atom. The number of benzene rings is 1. The van der Waals surface area contributed by atoms with Crippen molar-refractivity contribution >= 4 is 37.6 Å². The van der Waals surface area contributed by atoms with Gasteiger partial charge >= 0.3 is 0 Å². The summed E-state index contributed by atoms with van der Waals surface area (Å²) in [5, 5.41) is 0. The molecule has 2 atom stereocenters. The van der Waals surface area contributed by atoms with Crippen molar-refractivity contribution in [2.75, 3.05) is 0 Å². The normalized spacial score (nSPS) is 28.1. The first kappa shape index (κ1) is 14.3. The van der Waals surface area contributed by atoms with Crippen LogP contribution in [0.1, 0.15) is 43.5 Å². The first-order valence-electron chi connectivity index (χ1n) is 6.46. The quantitative estimate of drug-likeness (QED) is 0.628. The Morgan fingerprint density at radius 3 is 2.00 bits per heavy atom. The summed E-state index contributed by atoms with van der Waals surface area (Å²) in [6.45, 7) is 4.51. The van der Waals surface area contributed by atoms with Crippen molar-refractivity contribution < 1.29 is 4.79 Å². The molecule has 0 N–H and O–H groups in total. The van der Waals surface area contributed by atoms with Crippen LogP contribution in [0, 0.1) is 17.8 Å². The predicted molar refractivity (Wildman–Crippen MR) is 81.8 cm³/mol. The summed E-state index contributed by atoms with van der Waals surface area (Å²) in [4.78, 5) is 12.6. The third-order valence-electron chi connectivity index (χ3n) is 3.70. The number of halogens is 2. The highest BCUT2D eigenvalue weighted by Crippen LogP contribution is 2.35. The fraction of sp³-hybridized carbons (Fsp3) is 0.533. The van der Waals surface area contributed by atoms with Gasteiger partial charge in [-0.05, 0) is 49.3 Å². The molecule has 0 radical (unpaired) electrons. The van der Waals surface area contributed by atoms with Crippen molar-refractivity contribution in [2.24, 2.45) is 17.8 Å². The minimum absolute atomic E-state index is 0.199. The molecule has 98 valence electrons. The fourth-order valence-corrected chi connectivity index (χ4v) is 4.39. The maximum Gasteiger partial charge on any atom is 0.166 e. The number of ketones is 1. The molecule has 1 aliphatic carbocycles. The van der Waals surface area contributed by atoms with Crippen LogP contribution in [-0.2, 0) is 0 Å². The van der Waals surface area contributed by atoms with Crippen LogP contribution < -0.4 is 0 Å². The van der Waals surface area contributed by atoms with Gasteiger partial charge in [-0.1, -0.05) is 45.7 Å². The zero-order valence-corrected chi connectivity index (χ0v) is 13.9. The molecule has 0 saturated heterocycles. The fourth-order valence-electron chi connectivity index (χ4n) is 3.09. The molecule has 18 heavy (non-hydrogen) atoms. The lowest BCUT2D eigenvalue weighted by atomic mass is 9.74. The van der Waals surface area contributed by atoms with Crippen molar-refractivity contribution in [3.05, 3.63) is 32.7 Å². The standard InChI is InChI=1S/C15H18Br2O/c1-9-3-10(2)5-11(4-9)15(18)12-6-13(16)8-14(17)7-12/h6-11H,3-5H2,1-2H3. The van der Waals surface area contributed by atoms with E-state index in [9.17, 15) is 4.79 Å². The van der Waals surface area contributed by atoms with E-state index in [0.29, 0.717) is 17.6 Å². The number of carbonyl (C=O) groups excluding carboxylic acids is 1. The number of carbonyl (C=O) groups is 1. The minimum atomic E-state index is 0.199. The molecular formula is C15H18Br2O. The highest BCUT2D eigenvalue weighted by molar-refractivity contribution is 9.11. The second-order valence-electron chi connectivity index (χ2n) is 5.64. The van der Waals surface area contributed by atoms with Gasteiger partial charge in [0, 0.05) is 20.4 Å². The molecule has 1 aliphatic rings. The lowest BCUT2D eigenvalue weighted by Gasteiger charge is -2.30. The molecule has 0 amide bonds. The third kappa shape index (κ3) is 3.45. The van der Waals surface area contributed by atoms with E-state index in [2.05, 4.69) is 45.7 Å². The van der Waals surface area contributed by atoms with Crippen LogP contribution in [0.25, 0.3) is 0 Å². The van der Waals surface area contributed by atoms with E-state index >= 15 is 0 Å². The summed E-state index contributed by atoms with van der Waals surface area (Å²) in [5.41, 5.74) is 0.822. The number of rotatable bonds is 2. The molecular weight excluding hydrogens is 356 g/mol.